The molecule has 0 aliphatic rings. The Bertz CT molecular complexity index is 571. The van der Waals surface area contributed by atoms with E-state index in [1.54, 1.807) is 6.07 Å². The average molecular weight is 305 g/mol. The van der Waals surface area contributed by atoms with Crippen molar-refractivity contribution in [1.82, 2.24) is 5.32 Å². The third kappa shape index (κ3) is 4.84. The fourth-order valence-electron chi connectivity index (χ4n) is 2.04. The molecule has 5 nitrogen and oxygen atoms in total. The summed E-state index contributed by atoms with van der Waals surface area (Å²) in [5, 5.41) is 15.9. The Morgan fingerprint density at radius 3 is 2.76 bits per heavy atom. The number of nitrogens with one attached hydrogen (secondary N) is 1. The lowest BCUT2D eigenvalue weighted by molar-refractivity contribution is -0.380. The third-order valence-corrected chi connectivity index (χ3v) is 4.12. The SMILES string of the molecule is CN(CCCNCc1csc([N+](=O)[O-])c1)c1ccccc1. The van der Waals surface area contributed by atoms with Gasteiger partial charge >= 0.3 is 5.00 Å². The van der Waals surface area contributed by atoms with Crippen LogP contribution in [-0.4, -0.2) is 25.1 Å². The molecule has 0 saturated carbocycles. The Kier molecular flexibility index (Phi) is 5.71. The fraction of sp³-hybridized carbons (Fsp3) is 0.333. The van der Waals surface area contributed by atoms with Crippen molar-refractivity contribution in [3.05, 3.63) is 57.5 Å². The van der Waals surface area contributed by atoms with Gasteiger partial charge in [0, 0.05) is 37.3 Å². The minimum absolute atomic E-state index is 0.204. The van der Waals surface area contributed by atoms with Crippen LogP contribution in [0.2, 0.25) is 0 Å². The summed E-state index contributed by atoms with van der Waals surface area (Å²) in [6.45, 7) is 2.54. The predicted molar refractivity (Wildman–Crippen MR) is 87.0 cm³/mol. The van der Waals surface area contributed by atoms with Gasteiger partial charge in [-0.15, -0.1) is 0 Å². The van der Waals surface area contributed by atoms with E-state index in [0.29, 0.717) is 6.54 Å². The molecule has 2 aromatic rings. The summed E-state index contributed by atoms with van der Waals surface area (Å²) in [7, 11) is 2.08. The Balaban J connectivity index is 1.64. The molecule has 1 heterocycles. The number of hydrogen-bond acceptors (Lipinski definition) is 5. The van der Waals surface area contributed by atoms with Gasteiger partial charge in [0.1, 0.15) is 0 Å². The van der Waals surface area contributed by atoms with E-state index in [4.69, 9.17) is 0 Å². The van der Waals surface area contributed by atoms with E-state index in [9.17, 15) is 10.1 Å². The van der Waals surface area contributed by atoms with Crippen molar-refractivity contribution in [1.29, 1.82) is 0 Å². The van der Waals surface area contributed by atoms with Crippen molar-refractivity contribution >= 4 is 22.0 Å². The highest BCUT2D eigenvalue weighted by atomic mass is 32.1. The number of hydrogen-bond donors (Lipinski definition) is 1. The van der Waals surface area contributed by atoms with Crippen LogP contribution in [0.25, 0.3) is 0 Å². The summed E-state index contributed by atoms with van der Waals surface area (Å²) >= 11 is 1.18. The molecule has 0 atom stereocenters. The summed E-state index contributed by atoms with van der Waals surface area (Å²) in [5.41, 5.74) is 2.19. The molecule has 0 aliphatic carbocycles. The van der Waals surface area contributed by atoms with Crippen LogP contribution in [-0.2, 0) is 6.54 Å². The summed E-state index contributed by atoms with van der Waals surface area (Å²) in [6, 6.07) is 11.9. The van der Waals surface area contributed by atoms with Crippen molar-refractivity contribution in [2.75, 3.05) is 25.0 Å². The second-order valence-corrected chi connectivity index (χ2v) is 5.73. The molecule has 0 saturated heterocycles. The van der Waals surface area contributed by atoms with Gasteiger partial charge in [-0.1, -0.05) is 29.5 Å². The molecule has 0 fully saturated rings. The van der Waals surface area contributed by atoms with Crippen LogP contribution in [0.15, 0.2) is 41.8 Å². The minimum Gasteiger partial charge on any atom is -0.375 e. The number of para-hydroxylation sites is 1. The van der Waals surface area contributed by atoms with Crippen LogP contribution in [0.1, 0.15) is 12.0 Å². The van der Waals surface area contributed by atoms with Crippen LogP contribution in [0.3, 0.4) is 0 Å². The first-order valence-corrected chi connectivity index (χ1v) is 7.73. The smallest absolute Gasteiger partial charge is 0.324 e. The van der Waals surface area contributed by atoms with Crippen LogP contribution in [0.5, 0.6) is 0 Å². The topological polar surface area (TPSA) is 58.4 Å². The van der Waals surface area contributed by atoms with E-state index < -0.39 is 0 Å². The van der Waals surface area contributed by atoms with Gasteiger partial charge in [0.15, 0.2) is 0 Å². The zero-order chi connectivity index (χ0) is 15.1. The Labute approximate surface area is 128 Å². The molecular weight excluding hydrogens is 286 g/mol. The van der Waals surface area contributed by atoms with Crippen LogP contribution < -0.4 is 10.2 Å². The van der Waals surface area contributed by atoms with Crippen LogP contribution in [0, 0.1) is 10.1 Å². The lowest BCUT2D eigenvalue weighted by Crippen LogP contribution is -2.23. The molecule has 1 aromatic carbocycles. The number of rotatable bonds is 8. The standard InChI is InChI=1S/C15H19N3O2S/c1-17(14-6-3-2-4-7-14)9-5-8-16-11-13-10-15(18(19)20)21-12-13/h2-4,6-7,10,12,16H,5,8-9,11H2,1H3. The molecule has 6 heteroatoms. The number of benzene rings is 1. The van der Waals surface area contributed by atoms with Crippen molar-refractivity contribution in [3.8, 4) is 0 Å². The van der Waals surface area contributed by atoms with E-state index in [1.165, 1.54) is 17.0 Å². The molecule has 0 spiro atoms. The van der Waals surface area contributed by atoms with Crippen LogP contribution >= 0.6 is 11.3 Å². The van der Waals surface area contributed by atoms with E-state index in [-0.39, 0.29) is 9.92 Å². The molecule has 0 radical (unpaired) electrons. The van der Waals surface area contributed by atoms with Crippen molar-refractivity contribution < 1.29 is 4.92 Å². The maximum atomic E-state index is 10.6. The van der Waals surface area contributed by atoms with Gasteiger partial charge in [-0.05, 0) is 30.7 Å². The number of nitro groups is 1. The molecular formula is C15H19N3O2S. The van der Waals surface area contributed by atoms with E-state index in [1.807, 2.05) is 23.6 Å². The fourth-order valence-corrected chi connectivity index (χ4v) is 2.77. The third-order valence-electron chi connectivity index (χ3n) is 3.19. The first-order chi connectivity index (χ1) is 10.2. The quantitative estimate of drug-likeness (QED) is 0.462. The summed E-state index contributed by atoms with van der Waals surface area (Å²) in [5.74, 6) is 0. The molecule has 21 heavy (non-hydrogen) atoms. The average Bonchev–Trinajstić information content (AvgIpc) is 2.97. The zero-order valence-corrected chi connectivity index (χ0v) is 12.8. The summed E-state index contributed by atoms with van der Waals surface area (Å²) < 4.78 is 0. The lowest BCUT2D eigenvalue weighted by Gasteiger charge is -2.19. The maximum absolute atomic E-state index is 10.6. The second-order valence-electron chi connectivity index (χ2n) is 4.84. The first kappa shape index (κ1) is 15.5. The molecule has 112 valence electrons. The van der Waals surface area contributed by atoms with Crippen molar-refractivity contribution in [2.45, 2.75) is 13.0 Å². The molecule has 1 aromatic heterocycles. The monoisotopic (exact) mass is 305 g/mol. The van der Waals surface area contributed by atoms with Gasteiger partial charge in [0.05, 0.1) is 4.92 Å². The van der Waals surface area contributed by atoms with Crippen LogP contribution in [0.4, 0.5) is 10.7 Å². The second kappa shape index (κ2) is 7.75. The van der Waals surface area contributed by atoms with E-state index >= 15 is 0 Å². The molecule has 0 unspecified atom stereocenters. The number of anilines is 1. The van der Waals surface area contributed by atoms with Gasteiger partial charge in [-0.25, -0.2) is 0 Å². The van der Waals surface area contributed by atoms with E-state index in [0.717, 1.165) is 25.1 Å². The van der Waals surface area contributed by atoms with Gasteiger partial charge < -0.3 is 10.2 Å². The van der Waals surface area contributed by atoms with Gasteiger partial charge in [0.25, 0.3) is 0 Å². The normalized spacial score (nSPS) is 10.5. The van der Waals surface area contributed by atoms with E-state index in [2.05, 4.69) is 29.4 Å². The highest BCUT2D eigenvalue weighted by Crippen LogP contribution is 2.22. The van der Waals surface area contributed by atoms with Gasteiger partial charge in [-0.3, -0.25) is 10.1 Å². The number of nitrogens with zero attached hydrogens (tertiary/aromatic N) is 2. The Hall–Kier alpha value is -1.92. The molecule has 1 N–H and O–H groups in total. The van der Waals surface area contributed by atoms with Crippen molar-refractivity contribution in [2.24, 2.45) is 0 Å². The Morgan fingerprint density at radius 1 is 1.33 bits per heavy atom. The maximum Gasteiger partial charge on any atom is 0.324 e. The summed E-state index contributed by atoms with van der Waals surface area (Å²) in [6.07, 6.45) is 1.03. The van der Waals surface area contributed by atoms with Crippen molar-refractivity contribution in [3.63, 3.8) is 0 Å². The highest BCUT2D eigenvalue weighted by molar-refractivity contribution is 7.13. The number of thiophene rings is 1. The minimum atomic E-state index is -0.344. The summed E-state index contributed by atoms with van der Waals surface area (Å²) in [4.78, 5) is 12.5. The molecule has 0 aliphatic heterocycles. The lowest BCUT2D eigenvalue weighted by atomic mass is 10.3. The molecule has 2 rings (SSSR count). The molecule has 0 bridgehead atoms. The first-order valence-electron chi connectivity index (χ1n) is 6.85. The zero-order valence-electron chi connectivity index (χ0n) is 12.0. The largest absolute Gasteiger partial charge is 0.375 e. The highest BCUT2D eigenvalue weighted by Gasteiger charge is 2.08. The molecule has 0 amide bonds. The van der Waals surface area contributed by atoms with Gasteiger partial charge in [0.2, 0.25) is 0 Å². The van der Waals surface area contributed by atoms with Gasteiger partial charge in [-0.2, -0.15) is 0 Å². The predicted octanol–water partition coefficient (Wildman–Crippen LogP) is 3.27. The Morgan fingerprint density at radius 2 is 2.10 bits per heavy atom.